The van der Waals surface area contributed by atoms with Crippen LogP contribution in [0.4, 0.5) is 11.9 Å². The number of aromatic nitrogens is 3. The van der Waals surface area contributed by atoms with Crippen LogP contribution in [0.2, 0.25) is 0 Å². The molecule has 1 heterocycles. The lowest BCUT2D eigenvalue weighted by atomic mass is 10.3. The predicted octanol–water partition coefficient (Wildman–Crippen LogP) is 0.221. The Kier molecular flexibility index (Phi) is 2.72. The molecular formula is C9H11N5O2S. The first-order valence-corrected chi connectivity index (χ1v) is 6.60. The number of nitrogens with zero attached hydrogens (tertiary/aromatic N) is 3. The second-order valence-corrected chi connectivity index (χ2v) is 5.16. The number of para-hydroxylation sites is 1. The molecule has 0 bridgehead atoms. The largest absolute Gasteiger partial charge is 0.368 e. The first-order chi connectivity index (χ1) is 7.96. The number of anilines is 2. The van der Waals surface area contributed by atoms with Crippen LogP contribution in [-0.4, -0.2) is 29.4 Å². The highest BCUT2D eigenvalue weighted by atomic mass is 32.2. The Labute approximate surface area is 98.3 Å². The maximum Gasteiger partial charge on any atom is 0.258 e. The number of sulfonamides is 1. The van der Waals surface area contributed by atoms with E-state index in [1.54, 1.807) is 12.1 Å². The van der Waals surface area contributed by atoms with Crippen molar-refractivity contribution in [3.05, 3.63) is 30.3 Å². The molecule has 0 atom stereocenters. The monoisotopic (exact) mass is 253 g/mol. The van der Waals surface area contributed by atoms with Crippen LogP contribution in [0.5, 0.6) is 0 Å². The summed E-state index contributed by atoms with van der Waals surface area (Å²) in [6, 6.07) is 9.07. The molecular weight excluding hydrogens is 242 g/mol. The average molecular weight is 253 g/mol. The lowest BCUT2D eigenvalue weighted by Gasteiger charge is -2.00. The van der Waals surface area contributed by atoms with Crippen molar-refractivity contribution >= 4 is 21.9 Å². The summed E-state index contributed by atoms with van der Waals surface area (Å²) in [5.41, 5.74) is 6.35. The molecule has 7 nitrogen and oxygen atoms in total. The molecule has 0 fully saturated rings. The van der Waals surface area contributed by atoms with Gasteiger partial charge in [-0.3, -0.25) is 4.72 Å². The molecule has 2 aromatic rings. The highest BCUT2D eigenvalue weighted by Crippen LogP contribution is 2.13. The van der Waals surface area contributed by atoms with Crippen LogP contribution in [0.1, 0.15) is 0 Å². The molecule has 0 spiro atoms. The highest BCUT2D eigenvalue weighted by molar-refractivity contribution is 7.91. The van der Waals surface area contributed by atoms with Crippen molar-refractivity contribution in [2.75, 3.05) is 16.7 Å². The zero-order valence-electron chi connectivity index (χ0n) is 9.03. The number of nitrogens with one attached hydrogen (secondary N) is 1. The van der Waals surface area contributed by atoms with Gasteiger partial charge in [0.15, 0.2) is 0 Å². The second kappa shape index (κ2) is 4.06. The molecule has 0 aliphatic heterocycles. The van der Waals surface area contributed by atoms with Crippen molar-refractivity contribution in [2.24, 2.45) is 0 Å². The van der Waals surface area contributed by atoms with Gasteiger partial charge in [-0.05, 0) is 12.1 Å². The average Bonchev–Trinajstić information content (AvgIpc) is 2.58. The Bertz CT molecular complexity index is 620. The van der Waals surface area contributed by atoms with Crippen molar-refractivity contribution in [1.29, 1.82) is 0 Å². The normalized spacial score (nSPS) is 11.4. The van der Waals surface area contributed by atoms with E-state index >= 15 is 0 Å². The van der Waals surface area contributed by atoms with E-state index in [1.807, 2.05) is 18.2 Å². The molecule has 3 N–H and O–H groups in total. The Balaban J connectivity index is 2.38. The molecule has 0 amide bonds. The minimum absolute atomic E-state index is 0.0474. The van der Waals surface area contributed by atoms with Crippen molar-refractivity contribution in [2.45, 2.75) is 0 Å². The van der Waals surface area contributed by atoms with Crippen LogP contribution in [0.25, 0.3) is 5.69 Å². The van der Waals surface area contributed by atoms with Crippen molar-refractivity contribution < 1.29 is 8.42 Å². The van der Waals surface area contributed by atoms with Crippen LogP contribution in [0.15, 0.2) is 30.3 Å². The van der Waals surface area contributed by atoms with Crippen molar-refractivity contribution in [3.8, 4) is 5.69 Å². The summed E-state index contributed by atoms with van der Waals surface area (Å²) in [6.07, 6.45) is 1.02. The van der Waals surface area contributed by atoms with Gasteiger partial charge >= 0.3 is 0 Å². The van der Waals surface area contributed by atoms with Gasteiger partial charge in [0.1, 0.15) is 0 Å². The van der Waals surface area contributed by atoms with Crippen LogP contribution in [-0.2, 0) is 10.0 Å². The van der Waals surface area contributed by atoms with E-state index in [0.717, 1.165) is 6.26 Å². The molecule has 1 aromatic heterocycles. The van der Waals surface area contributed by atoms with Gasteiger partial charge in [0.25, 0.3) is 5.95 Å². The lowest BCUT2D eigenvalue weighted by Crippen LogP contribution is -2.11. The van der Waals surface area contributed by atoms with Gasteiger partial charge in [0.05, 0.1) is 11.9 Å². The molecule has 0 saturated heterocycles. The molecule has 1 aromatic carbocycles. The molecule has 0 aliphatic rings. The zero-order valence-corrected chi connectivity index (χ0v) is 9.85. The van der Waals surface area contributed by atoms with Crippen LogP contribution < -0.4 is 10.5 Å². The van der Waals surface area contributed by atoms with Crippen molar-refractivity contribution in [3.63, 3.8) is 0 Å². The number of hydrogen-bond donors (Lipinski definition) is 2. The summed E-state index contributed by atoms with van der Waals surface area (Å²) in [5.74, 6) is 0.0659. The number of benzene rings is 1. The van der Waals surface area contributed by atoms with E-state index in [-0.39, 0.29) is 11.9 Å². The summed E-state index contributed by atoms with van der Waals surface area (Å²) >= 11 is 0. The van der Waals surface area contributed by atoms with Crippen molar-refractivity contribution in [1.82, 2.24) is 14.8 Å². The summed E-state index contributed by atoms with van der Waals surface area (Å²) in [6.45, 7) is 0. The van der Waals surface area contributed by atoms with E-state index in [9.17, 15) is 8.42 Å². The van der Waals surface area contributed by atoms with Gasteiger partial charge in [0.2, 0.25) is 16.0 Å². The topological polar surface area (TPSA) is 103 Å². The van der Waals surface area contributed by atoms with E-state index in [1.165, 1.54) is 4.68 Å². The first kappa shape index (κ1) is 11.4. The van der Waals surface area contributed by atoms with E-state index in [4.69, 9.17) is 5.73 Å². The quantitative estimate of drug-likeness (QED) is 0.814. The number of nitrogens with two attached hydrogens (primary N) is 1. The molecule has 90 valence electrons. The number of rotatable bonds is 3. The Morgan fingerprint density at radius 3 is 2.53 bits per heavy atom. The summed E-state index contributed by atoms with van der Waals surface area (Å²) in [4.78, 5) is 3.81. The third kappa shape index (κ3) is 2.72. The fourth-order valence-corrected chi connectivity index (χ4v) is 1.71. The summed E-state index contributed by atoms with van der Waals surface area (Å²) in [5, 5.41) is 3.96. The smallest absolute Gasteiger partial charge is 0.258 e. The van der Waals surface area contributed by atoms with Gasteiger partial charge in [-0.25, -0.2) is 8.42 Å². The first-order valence-electron chi connectivity index (χ1n) is 4.71. The van der Waals surface area contributed by atoms with E-state index in [2.05, 4.69) is 14.8 Å². The second-order valence-electron chi connectivity index (χ2n) is 3.42. The minimum atomic E-state index is -3.41. The molecule has 0 unspecified atom stereocenters. The van der Waals surface area contributed by atoms with Crippen LogP contribution >= 0.6 is 0 Å². The van der Waals surface area contributed by atoms with Gasteiger partial charge in [-0.15, -0.1) is 5.10 Å². The summed E-state index contributed by atoms with van der Waals surface area (Å²) in [7, 11) is -3.41. The SMILES string of the molecule is CS(=O)(=O)Nc1nc(N)n(-c2ccccc2)n1. The molecule has 8 heteroatoms. The fraction of sp³-hybridized carbons (Fsp3) is 0.111. The summed E-state index contributed by atoms with van der Waals surface area (Å²) < 4.78 is 25.5. The van der Waals surface area contributed by atoms with Crippen LogP contribution in [0, 0.1) is 0 Å². The van der Waals surface area contributed by atoms with Crippen LogP contribution in [0.3, 0.4) is 0 Å². The number of hydrogen-bond acceptors (Lipinski definition) is 5. The molecule has 0 aliphatic carbocycles. The number of nitrogen functional groups attached to an aromatic ring is 1. The Hall–Kier alpha value is -2.09. The van der Waals surface area contributed by atoms with Gasteiger partial charge in [-0.1, -0.05) is 18.2 Å². The zero-order chi connectivity index (χ0) is 12.5. The third-order valence-corrected chi connectivity index (χ3v) is 2.46. The predicted molar refractivity (Wildman–Crippen MR) is 64.2 cm³/mol. The van der Waals surface area contributed by atoms with Gasteiger partial charge in [-0.2, -0.15) is 9.67 Å². The standard InChI is InChI=1S/C9H11N5O2S/c1-17(15,16)13-9-11-8(10)14(12-9)7-5-3-2-4-6-7/h2-6H,1H3,(H3,10,11,12,13). The minimum Gasteiger partial charge on any atom is -0.368 e. The van der Waals surface area contributed by atoms with E-state index in [0.29, 0.717) is 5.69 Å². The molecule has 2 rings (SSSR count). The Morgan fingerprint density at radius 1 is 1.29 bits per heavy atom. The fourth-order valence-electron chi connectivity index (χ4n) is 1.29. The molecule has 0 saturated carbocycles. The highest BCUT2D eigenvalue weighted by Gasteiger charge is 2.11. The lowest BCUT2D eigenvalue weighted by molar-refractivity contribution is 0.606. The maximum absolute atomic E-state index is 11.0. The molecule has 0 radical (unpaired) electrons. The maximum atomic E-state index is 11.0. The Morgan fingerprint density at radius 2 is 1.94 bits per heavy atom. The third-order valence-electron chi connectivity index (χ3n) is 1.91. The van der Waals surface area contributed by atoms with Gasteiger partial charge < -0.3 is 5.73 Å². The van der Waals surface area contributed by atoms with Gasteiger partial charge in [0, 0.05) is 0 Å². The van der Waals surface area contributed by atoms with E-state index < -0.39 is 10.0 Å². The molecule has 17 heavy (non-hydrogen) atoms.